The van der Waals surface area contributed by atoms with E-state index in [1.807, 2.05) is 56.3 Å². The summed E-state index contributed by atoms with van der Waals surface area (Å²) in [5.74, 6) is 0.942. The molecular formula is C21H21ClN4O2. The molecule has 0 aliphatic heterocycles. The Labute approximate surface area is 168 Å². The van der Waals surface area contributed by atoms with Gasteiger partial charge < -0.3 is 15.4 Å². The number of amides is 1. The lowest BCUT2D eigenvalue weighted by Gasteiger charge is -2.10. The van der Waals surface area contributed by atoms with Crippen LogP contribution in [-0.2, 0) is 4.79 Å². The van der Waals surface area contributed by atoms with Crippen LogP contribution in [0.5, 0.6) is 5.75 Å². The number of hydrogen-bond donors (Lipinski definition) is 2. The number of para-hydroxylation sites is 1. The average molecular weight is 397 g/mol. The average Bonchev–Trinajstić information content (AvgIpc) is 2.63. The monoisotopic (exact) mass is 396 g/mol. The predicted octanol–water partition coefficient (Wildman–Crippen LogP) is 4.90. The third-order valence-corrected chi connectivity index (χ3v) is 4.12. The summed E-state index contributed by atoms with van der Waals surface area (Å²) in [6.45, 7) is 4.08. The Kier molecular flexibility index (Phi) is 6.45. The van der Waals surface area contributed by atoms with Crippen molar-refractivity contribution in [1.82, 2.24) is 9.97 Å². The van der Waals surface area contributed by atoms with Crippen molar-refractivity contribution in [1.29, 1.82) is 0 Å². The summed E-state index contributed by atoms with van der Waals surface area (Å²) in [6.07, 6.45) is 0.211. The molecule has 144 valence electrons. The lowest BCUT2D eigenvalue weighted by atomic mass is 10.2. The molecule has 1 amide bonds. The zero-order valence-corrected chi connectivity index (χ0v) is 16.5. The zero-order chi connectivity index (χ0) is 19.9. The van der Waals surface area contributed by atoms with E-state index in [4.69, 9.17) is 16.3 Å². The van der Waals surface area contributed by atoms with Crippen LogP contribution < -0.4 is 15.4 Å². The van der Waals surface area contributed by atoms with Gasteiger partial charge in [0.15, 0.2) is 0 Å². The number of aromatic nitrogens is 2. The highest BCUT2D eigenvalue weighted by Gasteiger charge is 2.06. The van der Waals surface area contributed by atoms with Gasteiger partial charge in [0.25, 0.3) is 0 Å². The van der Waals surface area contributed by atoms with E-state index < -0.39 is 0 Å². The Balaban J connectivity index is 1.55. The fourth-order valence-electron chi connectivity index (χ4n) is 2.62. The van der Waals surface area contributed by atoms with Crippen LogP contribution in [0.4, 0.5) is 17.3 Å². The molecule has 7 heteroatoms. The molecule has 0 unspecified atom stereocenters. The number of benzene rings is 2. The first-order valence-electron chi connectivity index (χ1n) is 8.86. The van der Waals surface area contributed by atoms with E-state index in [0.29, 0.717) is 22.4 Å². The number of aryl methyl sites for hydroxylation is 2. The lowest BCUT2D eigenvalue weighted by molar-refractivity contribution is -0.116. The second-order valence-corrected chi connectivity index (χ2v) is 6.66. The Morgan fingerprint density at radius 2 is 1.71 bits per heavy atom. The van der Waals surface area contributed by atoms with Crippen molar-refractivity contribution in [2.75, 3.05) is 17.2 Å². The number of ether oxygens (including phenoxy) is 1. The number of nitrogens with zero attached hydrogens (tertiary/aromatic N) is 2. The summed E-state index contributed by atoms with van der Waals surface area (Å²) in [4.78, 5) is 20.9. The standard InChI is InChI=1S/C21H21ClN4O2/c1-14-12-15(2)24-21(23-14)26-17-7-5-6-16(13-17)25-20(27)10-11-28-19-9-4-3-8-18(19)22/h3-9,12-13H,10-11H2,1-2H3,(H,25,27)(H,23,24,26). The Morgan fingerprint density at radius 3 is 2.46 bits per heavy atom. The zero-order valence-electron chi connectivity index (χ0n) is 15.7. The number of hydrogen-bond acceptors (Lipinski definition) is 5. The maximum atomic E-state index is 12.2. The van der Waals surface area contributed by atoms with E-state index in [1.54, 1.807) is 12.1 Å². The van der Waals surface area contributed by atoms with Crippen molar-refractivity contribution >= 4 is 34.8 Å². The van der Waals surface area contributed by atoms with Gasteiger partial charge in [0, 0.05) is 22.8 Å². The van der Waals surface area contributed by atoms with Crippen LogP contribution in [0.2, 0.25) is 5.02 Å². The normalized spacial score (nSPS) is 10.4. The maximum Gasteiger partial charge on any atom is 0.227 e. The lowest BCUT2D eigenvalue weighted by Crippen LogP contribution is -2.15. The highest BCUT2D eigenvalue weighted by Crippen LogP contribution is 2.23. The minimum Gasteiger partial charge on any atom is -0.491 e. The Bertz CT molecular complexity index is 958. The van der Waals surface area contributed by atoms with Crippen LogP contribution in [0.25, 0.3) is 0 Å². The fourth-order valence-corrected chi connectivity index (χ4v) is 2.81. The summed E-state index contributed by atoms with van der Waals surface area (Å²) in [5, 5.41) is 6.54. The molecule has 0 atom stereocenters. The number of carbonyl (C=O) groups excluding carboxylic acids is 1. The molecule has 0 saturated heterocycles. The fraction of sp³-hybridized carbons (Fsp3) is 0.190. The first kappa shape index (κ1) is 19.6. The van der Waals surface area contributed by atoms with Crippen molar-refractivity contribution in [3.63, 3.8) is 0 Å². The highest BCUT2D eigenvalue weighted by molar-refractivity contribution is 6.32. The summed E-state index contributed by atoms with van der Waals surface area (Å²) in [5.41, 5.74) is 3.24. The quantitative estimate of drug-likeness (QED) is 0.594. The van der Waals surface area contributed by atoms with Crippen molar-refractivity contribution in [3.8, 4) is 5.75 Å². The summed E-state index contributed by atoms with van der Waals surface area (Å²) < 4.78 is 5.55. The van der Waals surface area contributed by atoms with E-state index in [9.17, 15) is 4.79 Å². The van der Waals surface area contributed by atoms with E-state index >= 15 is 0 Å². The summed E-state index contributed by atoms with van der Waals surface area (Å²) in [7, 11) is 0. The van der Waals surface area contributed by atoms with Gasteiger partial charge in [0.05, 0.1) is 18.1 Å². The Morgan fingerprint density at radius 1 is 1.00 bits per heavy atom. The predicted molar refractivity (Wildman–Crippen MR) is 111 cm³/mol. The molecule has 2 aromatic carbocycles. The third kappa shape index (κ3) is 5.69. The van der Waals surface area contributed by atoms with E-state index in [-0.39, 0.29) is 18.9 Å². The van der Waals surface area contributed by atoms with Crippen LogP contribution in [0.3, 0.4) is 0 Å². The van der Waals surface area contributed by atoms with Crippen molar-refractivity contribution in [2.45, 2.75) is 20.3 Å². The van der Waals surface area contributed by atoms with Crippen LogP contribution in [0.15, 0.2) is 54.6 Å². The van der Waals surface area contributed by atoms with Gasteiger partial charge in [-0.25, -0.2) is 9.97 Å². The van der Waals surface area contributed by atoms with Gasteiger partial charge in [-0.3, -0.25) is 4.79 Å². The third-order valence-electron chi connectivity index (χ3n) is 3.81. The van der Waals surface area contributed by atoms with Gasteiger partial charge >= 0.3 is 0 Å². The van der Waals surface area contributed by atoms with E-state index in [2.05, 4.69) is 20.6 Å². The number of carbonyl (C=O) groups is 1. The van der Waals surface area contributed by atoms with Gasteiger partial charge in [-0.2, -0.15) is 0 Å². The molecule has 0 radical (unpaired) electrons. The van der Waals surface area contributed by atoms with Gasteiger partial charge in [0.1, 0.15) is 5.75 Å². The van der Waals surface area contributed by atoms with Crippen LogP contribution in [-0.4, -0.2) is 22.5 Å². The van der Waals surface area contributed by atoms with Crippen LogP contribution >= 0.6 is 11.6 Å². The molecule has 0 spiro atoms. The molecule has 0 aliphatic carbocycles. The highest BCUT2D eigenvalue weighted by atomic mass is 35.5. The van der Waals surface area contributed by atoms with E-state index in [1.165, 1.54) is 0 Å². The van der Waals surface area contributed by atoms with Gasteiger partial charge in [-0.1, -0.05) is 29.8 Å². The largest absolute Gasteiger partial charge is 0.491 e. The first-order chi connectivity index (χ1) is 13.5. The molecule has 0 fully saturated rings. The number of anilines is 3. The maximum absolute atomic E-state index is 12.2. The molecule has 28 heavy (non-hydrogen) atoms. The topological polar surface area (TPSA) is 76.1 Å². The van der Waals surface area contributed by atoms with Crippen molar-refractivity contribution < 1.29 is 9.53 Å². The van der Waals surface area contributed by atoms with E-state index in [0.717, 1.165) is 17.1 Å². The molecular weight excluding hydrogens is 376 g/mol. The van der Waals surface area contributed by atoms with Crippen molar-refractivity contribution in [2.24, 2.45) is 0 Å². The molecule has 6 nitrogen and oxygen atoms in total. The molecule has 0 aliphatic rings. The van der Waals surface area contributed by atoms with Gasteiger partial charge in [-0.05, 0) is 50.2 Å². The molecule has 3 aromatic rings. The SMILES string of the molecule is Cc1cc(C)nc(Nc2cccc(NC(=O)CCOc3ccccc3Cl)c2)n1. The minimum absolute atomic E-state index is 0.146. The molecule has 3 rings (SSSR count). The second kappa shape index (κ2) is 9.19. The smallest absolute Gasteiger partial charge is 0.227 e. The second-order valence-electron chi connectivity index (χ2n) is 6.26. The van der Waals surface area contributed by atoms with Crippen molar-refractivity contribution in [3.05, 3.63) is 71.0 Å². The molecule has 0 bridgehead atoms. The summed E-state index contributed by atoms with van der Waals surface area (Å²) >= 11 is 6.03. The molecule has 2 N–H and O–H groups in total. The number of nitrogens with one attached hydrogen (secondary N) is 2. The molecule has 0 saturated carbocycles. The minimum atomic E-state index is -0.146. The van der Waals surface area contributed by atoms with Crippen LogP contribution in [0.1, 0.15) is 17.8 Å². The first-order valence-corrected chi connectivity index (χ1v) is 9.24. The molecule has 1 heterocycles. The summed E-state index contributed by atoms with van der Waals surface area (Å²) in [6, 6.07) is 16.5. The van der Waals surface area contributed by atoms with Crippen LogP contribution in [0, 0.1) is 13.8 Å². The van der Waals surface area contributed by atoms with Gasteiger partial charge in [-0.15, -0.1) is 0 Å². The molecule has 1 aromatic heterocycles. The number of halogens is 1. The number of rotatable bonds is 7. The van der Waals surface area contributed by atoms with Gasteiger partial charge in [0.2, 0.25) is 11.9 Å². The Hall–Kier alpha value is -3.12.